The van der Waals surface area contributed by atoms with Crippen molar-refractivity contribution in [3.05, 3.63) is 96.1 Å². The minimum Gasteiger partial charge on any atom is -0.207 e. The molecular formula is C25H25NO2S. The first-order chi connectivity index (χ1) is 13.9. The standard InChI is InChI=1S/C25H25NO2S/c1-19-16-24(14-12-21-8-4-3-5-9-21)26(18-20(19)2)29(27,28)25-15-13-22-10-6-7-11-23(22)17-25/h3-17,20,24H,18H2,1-2H3/b14-12+/t20-,24?/m0/s1. The van der Waals surface area contributed by atoms with Crippen LogP contribution in [0.4, 0.5) is 0 Å². The molecule has 0 fully saturated rings. The lowest BCUT2D eigenvalue weighted by atomic mass is 9.95. The van der Waals surface area contributed by atoms with Crippen LogP contribution < -0.4 is 0 Å². The first-order valence-electron chi connectivity index (χ1n) is 9.87. The maximum absolute atomic E-state index is 13.6. The maximum Gasteiger partial charge on any atom is 0.243 e. The van der Waals surface area contributed by atoms with Gasteiger partial charge in [0, 0.05) is 6.54 Å². The Kier molecular flexibility index (Phi) is 5.39. The van der Waals surface area contributed by atoms with E-state index in [0.717, 1.165) is 16.3 Å². The molecule has 3 aromatic carbocycles. The van der Waals surface area contributed by atoms with E-state index in [4.69, 9.17) is 0 Å². The number of sulfonamides is 1. The van der Waals surface area contributed by atoms with Crippen LogP contribution in [0, 0.1) is 5.92 Å². The van der Waals surface area contributed by atoms with Crippen molar-refractivity contribution in [1.29, 1.82) is 0 Å². The highest BCUT2D eigenvalue weighted by Gasteiger charge is 2.34. The molecule has 0 saturated carbocycles. The highest BCUT2D eigenvalue weighted by Crippen LogP contribution is 2.30. The molecule has 2 atom stereocenters. The zero-order valence-corrected chi connectivity index (χ0v) is 17.5. The van der Waals surface area contributed by atoms with Gasteiger partial charge in [-0.1, -0.05) is 91.4 Å². The smallest absolute Gasteiger partial charge is 0.207 e. The summed E-state index contributed by atoms with van der Waals surface area (Å²) in [5.41, 5.74) is 2.28. The number of hydrogen-bond donors (Lipinski definition) is 0. The third-order valence-corrected chi connectivity index (χ3v) is 7.47. The van der Waals surface area contributed by atoms with E-state index in [1.165, 1.54) is 5.57 Å². The quantitative estimate of drug-likeness (QED) is 0.539. The SMILES string of the molecule is CC1=CC(/C=C/c2ccccc2)N(S(=O)(=O)c2ccc3ccccc3c2)C[C@@H]1C. The Morgan fingerprint density at radius 3 is 2.38 bits per heavy atom. The van der Waals surface area contributed by atoms with Crippen molar-refractivity contribution in [3.8, 4) is 0 Å². The summed E-state index contributed by atoms with van der Waals surface area (Å²) in [6.07, 6.45) is 6.03. The van der Waals surface area contributed by atoms with Gasteiger partial charge in [-0.05, 0) is 41.3 Å². The summed E-state index contributed by atoms with van der Waals surface area (Å²) in [7, 11) is -3.63. The van der Waals surface area contributed by atoms with Crippen molar-refractivity contribution in [2.24, 2.45) is 5.92 Å². The molecule has 0 saturated heterocycles. The monoisotopic (exact) mass is 403 g/mol. The van der Waals surface area contributed by atoms with E-state index in [2.05, 4.69) is 19.9 Å². The molecule has 0 amide bonds. The molecule has 1 heterocycles. The molecule has 4 heteroatoms. The van der Waals surface area contributed by atoms with Crippen molar-refractivity contribution >= 4 is 26.9 Å². The van der Waals surface area contributed by atoms with Crippen LogP contribution >= 0.6 is 0 Å². The van der Waals surface area contributed by atoms with Crippen molar-refractivity contribution < 1.29 is 8.42 Å². The van der Waals surface area contributed by atoms with Gasteiger partial charge in [-0.3, -0.25) is 0 Å². The number of rotatable bonds is 4. The summed E-state index contributed by atoms with van der Waals surface area (Å²) >= 11 is 0. The van der Waals surface area contributed by atoms with Crippen LogP contribution in [0.1, 0.15) is 19.4 Å². The molecule has 4 rings (SSSR count). The van der Waals surface area contributed by atoms with E-state index < -0.39 is 10.0 Å². The van der Waals surface area contributed by atoms with Gasteiger partial charge in [0.2, 0.25) is 10.0 Å². The molecular weight excluding hydrogens is 378 g/mol. The van der Waals surface area contributed by atoms with Gasteiger partial charge < -0.3 is 0 Å². The molecule has 29 heavy (non-hydrogen) atoms. The lowest BCUT2D eigenvalue weighted by molar-refractivity contribution is 0.343. The second-order valence-electron chi connectivity index (χ2n) is 7.66. The third kappa shape index (κ3) is 4.04. The molecule has 0 aliphatic carbocycles. The Morgan fingerprint density at radius 1 is 0.931 bits per heavy atom. The van der Waals surface area contributed by atoms with E-state index in [1.807, 2.05) is 72.8 Å². The Hall–Kier alpha value is -2.69. The van der Waals surface area contributed by atoms with Crippen LogP contribution in [-0.2, 0) is 10.0 Å². The predicted octanol–water partition coefficient (Wildman–Crippen LogP) is 5.51. The van der Waals surface area contributed by atoms with Gasteiger partial charge in [-0.15, -0.1) is 0 Å². The van der Waals surface area contributed by atoms with Gasteiger partial charge in [0.15, 0.2) is 0 Å². The fraction of sp³-hybridized carbons (Fsp3) is 0.200. The van der Waals surface area contributed by atoms with Crippen LogP contribution in [0.15, 0.2) is 95.4 Å². The zero-order valence-electron chi connectivity index (χ0n) is 16.7. The lowest BCUT2D eigenvalue weighted by Gasteiger charge is -2.34. The number of fused-ring (bicyclic) bond motifs is 1. The van der Waals surface area contributed by atoms with Crippen molar-refractivity contribution in [1.82, 2.24) is 4.31 Å². The van der Waals surface area contributed by atoms with E-state index in [-0.39, 0.29) is 12.0 Å². The van der Waals surface area contributed by atoms with Crippen molar-refractivity contribution in [2.75, 3.05) is 6.54 Å². The number of nitrogens with zero attached hydrogens (tertiary/aromatic N) is 1. The first kappa shape index (κ1) is 19.6. The molecule has 3 aromatic rings. The molecule has 1 aliphatic rings. The van der Waals surface area contributed by atoms with Crippen molar-refractivity contribution in [2.45, 2.75) is 24.8 Å². The Morgan fingerprint density at radius 2 is 1.62 bits per heavy atom. The van der Waals surface area contributed by atoms with Crippen LogP contribution in [-0.4, -0.2) is 25.3 Å². The van der Waals surface area contributed by atoms with Gasteiger partial charge >= 0.3 is 0 Å². The van der Waals surface area contributed by atoms with Gasteiger partial charge in [-0.2, -0.15) is 4.31 Å². The highest BCUT2D eigenvalue weighted by atomic mass is 32.2. The average molecular weight is 404 g/mol. The fourth-order valence-electron chi connectivity index (χ4n) is 3.70. The summed E-state index contributed by atoms with van der Waals surface area (Å²) in [5.74, 6) is 0.187. The normalized spacial score (nSPS) is 20.8. The summed E-state index contributed by atoms with van der Waals surface area (Å²) < 4.78 is 28.8. The number of hydrogen-bond acceptors (Lipinski definition) is 2. The maximum atomic E-state index is 13.6. The molecule has 0 bridgehead atoms. The summed E-state index contributed by atoms with van der Waals surface area (Å²) in [4.78, 5) is 0.342. The molecule has 1 unspecified atom stereocenters. The molecule has 3 nitrogen and oxygen atoms in total. The van der Waals surface area contributed by atoms with Gasteiger partial charge in [0.1, 0.15) is 0 Å². The van der Waals surface area contributed by atoms with Crippen molar-refractivity contribution in [3.63, 3.8) is 0 Å². The van der Waals surface area contributed by atoms with Gasteiger partial charge in [0.25, 0.3) is 0 Å². The van der Waals surface area contributed by atoms with Crippen LogP contribution in [0.25, 0.3) is 16.8 Å². The molecule has 0 aromatic heterocycles. The Bertz CT molecular complexity index is 1180. The average Bonchev–Trinajstić information content (AvgIpc) is 2.74. The molecule has 1 aliphatic heterocycles. The Balaban J connectivity index is 1.73. The van der Waals surface area contributed by atoms with E-state index >= 15 is 0 Å². The summed E-state index contributed by atoms with van der Waals surface area (Å²) in [6, 6.07) is 22.9. The molecule has 0 N–H and O–H groups in total. The third-order valence-electron chi connectivity index (χ3n) is 5.61. The van der Waals surface area contributed by atoms with Gasteiger partial charge in [0.05, 0.1) is 10.9 Å². The van der Waals surface area contributed by atoms with Crippen LogP contribution in [0.3, 0.4) is 0 Å². The van der Waals surface area contributed by atoms with Gasteiger partial charge in [-0.25, -0.2) is 8.42 Å². The first-order valence-corrected chi connectivity index (χ1v) is 11.3. The minimum absolute atomic E-state index is 0.187. The predicted molar refractivity (Wildman–Crippen MR) is 120 cm³/mol. The van der Waals surface area contributed by atoms with E-state index in [1.54, 1.807) is 16.4 Å². The topological polar surface area (TPSA) is 37.4 Å². The second kappa shape index (κ2) is 7.97. The van der Waals surface area contributed by atoms with E-state index in [9.17, 15) is 8.42 Å². The number of benzene rings is 3. The minimum atomic E-state index is -3.63. The molecule has 148 valence electrons. The van der Waals surface area contributed by atoms with E-state index in [0.29, 0.717) is 11.4 Å². The van der Waals surface area contributed by atoms with Crippen LogP contribution in [0.2, 0.25) is 0 Å². The molecule has 0 radical (unpaired) electrons. The largest absolute Gasteiger partial charge is 0.243 e. The second-order valence-corrected chi connectivity index (χ2v) is 9.55. The Labute approximate surface area is 173 Å². The van der Waals surface area contributed by atoms with Crippen LogP contribution in [0.5, 0.6) is 0 Å². The molecule has 0 spiro atoms. The summed E-state index contributed by atoms with van der Waals surface area (Å²) in [5, 5.41) is 1.97. The summed E-state index contributed by atoms with van der Waals surface area (Å²) in [6.45, 7) is 4.63. The zero-order chi connectivity index (χ0) is 20.4. The fourth-order valence-corrected chi connectivity index (χ4v) is 5.36. The highest BCUT2D eigenvalue weighted by molar-refractivity contribution is 7.89. The lowest BCUT2D eigenvalue weighted by Crippen LogP contribution is -2.44.